The van der Waals surface area contributed by atoms with E-state index in [0.717, 1.165) is 17.7 Å². The van der Waals surface area contributed by atoms with Crippen molar-refractivity contribution in [1.29, 1.82) is 0 Å². The molecule has 0 saturated heterocycles. The first-order valence-corrected chi connectivity index (χ1v) is 7.96. The van der Waals surface area contributed by atoms with Crippen LogP contribution in [0.25, 0.3) is 0 Å². The van der Waals surface area contributed by atoms with Gasteiger partial charge in [-0.3, -0.25) is 9.36 Å². The quantitative estimate of drug-likeness (QED) is 0.806. The summed E-state index contributed by atoms with van der Waals surface area (Å²) in [5.41, 5.74) is 3.20. The van der Waals surface area contributed by atoms with Crippen LogP contribution in [-0.2, 0) is 13.0 Å². The Bertz CT molecular complexity index is 941. The SMILES string of the molecule is O=C(c1c[nH]c(=O)n1Cc1ccccc1)N1CCc2ccccc21. The van der Waals surface area contributed by atoms with Gasteiger partial charge in [0.05, 0.1) is 6.54 Å². The van der Waals surface area contributed by atoms with E-state index in [2.05, 4.69) is 4.98 Å². The first kappa shape index (κ1) is 14.5. The van der Waals surface area contributed by atoms with Gasteiger partial charge in [-0.1, -0.05) is 48.5 Å². The number of nitrogens with zero attached hydrogens (tertiary/aromatic N) is 2. The molecule has 0 spiro atoms. The van der Waals surface area contributed by atoms with E-state index < -0.39 is 0 Å². The van der Waals surface area contributed by atoms with Gasteiger partial charge >= 0.3 is 5.69 Å². The minimum absolute atomic E-state index is 0.144. The maximum absolute atomic E-state index is 13.0. The molecule has 1 aliphatic rings. The monoisotopic (exact) mass is 319 g/mol. The molecule has 4 rings (SSSR count). The van der Waals surface area contributed by atoms with Crippen molar-refractivity contribution in [3.8, 4) is 0 Å². The second-order valence-electron chi connectivity index (χ2n) is 5.89. The third-order valence-corrected chi connectivity index (χ3v) is 4.40. The molecule has 5 heteroatoms. The number of hydrogen-bond acceptors (Lipinski definition) is 2. The fraction of sp³-hybridized carbons (Fsp3) is 0.158. The minimum atomic E-state index is -0.269. The molecule has 0 radical (unpaired) electrons. The number of aromatic nitrogens is 2. The highest BCUT2D eigenvalue weighted by Crippen LogP contribution is 2.28. The molecule has 24 heavy (non-hydrogen) atoms. The summed E-state index contributed by atoms with van der Waals surface area (Å²) >= 11 is 0. The Balaban J connectivity index is 1.68. The van der Waals surface area contributed by atoms with Crippen LogP contribution < -0.4 is 10.6 Å². The molecular formula is C19H17N3O2. The van der Waals surface area contributed by atoms with Crippen LogP contribution in [0.5, 0.6) is 0 Å². The lowest BCUT2D eigenvalue weighted by molar-refractivity contribution is 0.0980. The van der Waals surface area contributed by atoms with Gasteiger partial charge in [0.25, 0.3) is 5.91 Å². The Kier molecular flexibility index (Phi) is 3.54. The van der Waals surface area contributed by atoms with Crippen molar-refractivity contribution in [2.45, 2.75) is 13.0 Å². The van der Waals surface area contributed by atoms with Crippen molar-refractivity contribution in [2.24, 2.45) is 0 Å². The molecule has 1 amide bonds. The number of para-hydroxylation sites is 1. The van der Waals surface area contributed by atoms with Crippen LogP contribution in [0, 0.1) is 0 Å². The minimum Gasteiger partial charge on any atom is -0.312 e. The predicted octanol–water partition coefficient (Wildman–Crippen LogP) is 2.43. The zero-order valence-electron chi connectivity index (χ0n) is 13.1. The number of H-pyrrole nitrogens is 1. The summed E-state index contributed by atoms with van der Waals surface area (Å²) in [5.74, 6) is -0.144. The second-order valence-corrected chi connectivity index (χ2v) is 5.89. The largest absolute Gasteiger partial charge is 0.326 e. The highest BCUT2D eigenvalue weighted by atomic mass is 16.2. The third-order valence-electron chi connectivity index (χ3n) is 4.40. The number of imidazole rings is 1. The average Bonchev–Trinajstić information content (AvgIpc) is 3.20. The molecule has 2 aromatic carbocycles. The zero-order valence-corrected chi connectivity index (χ0v) is 13.1. The number of amides is 1. The van der Waals surface area contributed by atoms with Crippen LogP contribution >= 0.6 is 0 Å². The van der Waals surface area contributed by atoms with E-state index in [1.165, 1.54) is 16.3 Å². The van der Waals surface area contributed by atoms with Gasteiger partial charge in [0.1, 0.15) is 5.69 Å². The van der Waals surface area contributed by atoms with Gasteiger partial charge in [-0.2, -0.15) is 0 Å². The first-order valence-electron chi connectivity index (χ1n) is 7.96. The van der Waals surface area contributed by atoms with E-state index in [1.54, 1.807) is 4.90 Å². The Morgan fingerprint density at radius 3 is 2.62 bits per heavy atom. The topological polar surface area (TPSA) is 58.1 Å². The molecule has 0 bridgehead atoms. The smallest absolute Gasteiger partial charge is 0.312 e. The lowest BCUT2D eigenvalue weighted by Crippen LogP contribution is -2.32. The number of rotatable bonds is 3. The summed E-state index contributed by atoms with van der Waals surface area (Å²) in [6, 6.07) is 17.6. The third kappa shape index (κ3) is 2.44. The van der Waals surface area contributed by atoms with E-state index in [1.807, 2.05) is 54.6 Å². The molecule has 0 fully saturated rings. The van der Waals surface area contributed by atoms with Crippen LogP contribution in [0.4, 0.5) is 5.69 Å². The van der Waals surface area contributed by atoms with Gasteiger partial charge in [-0.05, 0) is 23.6 Å². The zero-order chi connectivity index (χ0) is 16.5. The molecule has 5 nitrogen and oxygen atoms in total. The molecule has 120 valence electrons. The number of carbonyl (C=O) groups is 1. The van der Waals surface area contributed by atoms with Gasteiger partial charge < -0.3 is 9.88 Å². The molecular weight excluding hydrogens is 302 g/mol. The Hall–Kier alpha value is -3.08. The number of fused-ring (bicyclic) bond motifs is 1. The molecule has 0 unspecified atom stereocenters. The molecule has 2 heterocycles. The Labute approximate surface area is 139 Å². The fourth-order valence-corrected chi connectivity index (χ4v) is 3.18. The van der Waals surface area contributed by atoms with Crippen molar-refractivity contribution in [3.05, 3.63) is 88.1 Å². The van der Waals surface area contributed by atoms with E-state index in [4.69, 9.17) is 0 Å². The van der Waals surface area contributed by atoms with E-state index in [0.29, 0.717) is 18.8 Å². The molecule has 0 aliphatic carbocycles. The van der Waals surface area contributed by atoms with Crippen molar-refractivity contribution in [2.75, 3.05) is 11.4 Å². The van der Waals surface area contributed by atoms with Crippen LogP contribution in [-0.4, -0.2) is 22.0 Å². The van der Waals surface area contributed by atoms with Gasteiger partial charge in [-0.25, -0.2) is 4.79 Å². The van der Waals surface area contributed by atoms with Crippen molar-refractivity contribution < 1.29 is 4.79 Å². The Morgan fingerprint density at radius 2 is 1.79 bits per heavy atom. The predicted molar refractivity (Wildman–Crippen MR) is 92.4 cm³/mol. The molecule has 1 N–H and O–H groups in total. The second kappa shape index (κ2) is 5.85. The fourth-order valence-electron chi connectivity index (χ4n) is 3.18. The summed E-state index contributed by atoms with van der Waals surface area (Å²) in [6.07, 6.45) is 2.35. The van der Waals surface area contributed by atoms with Crippen molar-refractivity contribution >= 4 is 11.6 Å². The van der Waals surface area contributed by atoms with Crippen molar-refractivity contribution in [1.82, 2.24) is 9.55 Å². The standard InChI is InChI=1S/C19H17N3O2/c23-18(21-11-10-15-8-4-5-9-16(15)21)17-12-20-19(24)22(17)13-14-6-2-1-3-7-14/h1-9,12H,10-11,13H2,(H,20,24). The van der Waals surface area contributed by atoms with Crippen LogP contribution in [0.1, 0.15) is 21.6 Å². The average molecular weight is 319 g/mol. The summed E-state index contributed by atoms with van der Waals surface area (Å²) in [5, 5.41) is 0. The highest BCUT2D eigenvalue weighted by Gasteiger charge is 2.27. The summed E-state index contributed by atoms with van der Waals surface area (Å²) in [4.78, 5) is 29.5. The summed E-state index contributed by atoms with van der Waals surface area (Å²) in [6.45, 7) is 1.02. The highest BCUT2D eigenvalue weighted by molar-refractivity contribution is 6.06. The summed E-state index contributed by atoms with van der Waals surface area (Å²) in [7, 11) is 0. The maximum Gasteiger partial charge on any atom is 0.326 e. The van der Waals surface area contributed by atoms with Gasteiger partial charge in [0.2, 0.25) is 0 Å². The van der Waals surface area contributed by atoms with Gasteiger partial charge in [0.15, 0.2) is 0 Å². The molecule has 1 aromatic heterocycles. The number of anilines is 1. The molecule has 3 aromatic rings. The summed E-state index contributed by atoms with van der Waals surface area (Å²) < 4.78 is 1.50. The van der Waals surface area contributed by atoms with Gasteiger partial charge in [-0.15, -0.1) is 0 Å². The molecule has 0 atom stereocenters. The van der Waals surface area contributed by atoms with Crippen LogP contribution in [0.3, 0.4) is 0 Å². The maximum atomic E-state index is 13.0. The number of nitrogens with one attached hydrogen (secondary N) is 1. The van der Waals surface area contributed by atoms with E-state index >= 15 is 0 Å². The number of aromatic amines is 1. The number of benzene rings is 2. The first-order chi connectivity index (χ1) is 11.7. The normalized spacial score (nSPS) is 13.1. The van der Waals surface area contributed by atoms with Crippen LogP contribution in [0.2, 0.25) is 0 Å². The van der Waals surface area contributed by atoms with Crippen molar-refractivity contribution in [3.63, 3.8) is 0 Å². The van der Waals surface area contributed by atoms with E-state index in [9.17, 15) is 9.59 Å². The lowest BCUT2D eigenvalue weighted by atomic mass is 10.2. The molecule has 1 aliphatic heterocycles. The van der Waals surface area contributed by atoms with E-state index in [-0.39, 0.29) is 11.6 Å². The van der Waals surface area contributed by atoms with Gasteiger partial charge in [0, 0.05) is 18.4 Å². The number of hydrogen-bond donors (Lipinski definition) is 1. The van der Waals surface area contributed by atoms with Crippen LogP contribution in [0.15, 0.2) is 65.6 Å². The lowest BCUT2D eigenvalue weighted by Gasteiger charge is -2.18. The number of carbonyl (C=O) groups excluding carboxylic acids is 1. The Morgan fingerprint density at radius 1 is 1.04 bits per heavy atom. The molecule has 0 saturated carbocycles.